The fourth-order valence-electron chi connectivity index (χ4n) is 5.45. The number of methoxy groups -OCH3 is 1. The Morgan fingerprint density at radius 2 is 1.86 bits per heavy atom. The predicted octanol–water partition coefficient (Wildman–Crippen LogP) is 4.92. The van der Waals surface area contributed by atoms with Crippen molar-refractivity contribution in [2.45, 2.75) is 71.4 Å². The molecule has 1 saturated heterocycles. The molecule has 1 radical (unpaired) electrons. The van der Waals surface area contributed by atoms with Crippen LogP contribution in [0, 0.1) is 11.3 Å². The van der Waals surface area contributed by atoms with Gasteiger partial charge in [-0.25, -0.2) is 4.79 Å². The molecule has 1 aromatic carbocycles. The van der Waals surface area contributed by atoms with Crippen LogP contribution < -0.4 is 14.8 Å². The van der Waals surface area contributed by atoms with Crippen molar-refractivity contribution in [3.05, 3.63) is 46.8 Å². The average molecular weight is 495 g/mol. The molecule has 4 rings (SSSR count). The van der Waals surface area contributed by atoms with Gasteiger partial charge in [-0.2, -0.15) is 11.3 Å². The highest BCUT2D eigenvalue weighted by atomic mass is 32.1. The van der Waals surface area contributed by atoms with E-state index in [1.807, 2.05) is 19.0 Å². The molecule has 1 atom stereocenters. The number of thiophene rings is 1. The van der Waals surface area contributed by atoms with E-state index in [0.717, 1.165) is 42.5 Å². The normalized spacial score (nSPS) is 24.6. The van der Waals surface area contributed by atoms with Crippen molar-refractivity contribution in [1.82, 2.24) is 10.2 Å². The van der Waals surface area contributed by atoms with Crippen molar-refractivity contribution in [2.75, 3.05) is 13.7 Å². The zero-order valence-electron chi connectivity index (χ0n) is 21.4. The molecular formula is C27H36BN2O4S. The summed E-state index contributed by atoms with van der Waals surface area (Å²) in [4.78, 5) is 28.3. The van der Waals surface area contributed by atoms with E-state index in [2.05, 4.69) is 55.1 Å². The molecule has 1 spiro atoms. The Morgan fingerprint density at radius 1 is 1.17 bits per heavy atom. The molecule has 1 unspecified atom stereocenters. The summed E-state index contributed by atoms with van der Waals surface area (Å²) in [6.07, 6.45) is 4.18. The minimum atomic E-state index is -0.734. The van der Waals surface area contributed by atoms with Gasteiger partial charge in [0.05, 0.1) is 12.8 Å². The fraction of sp³-hybridized carbons (Fsp3) is 0.556. The first-order chi connectivity index (χ1) is 16.6. The van der Waals surface area contributed by atoms with E-state index in [0.29, 0.717) is 18.2 Å². The Labute approximate surface area is 213 Å². The molecule has 2 heterocycles. The summed E-state index contributed by atoms with van der Waals surface area (Å²) in [5.41, 5.74) is 1.08. The third-order valence-corrected chi connectivity index (χ3v) is 8.83. The number of carbonyl (C=O) groups is 2. The van der Waals surface area contributed by atoms with E-state index < -0.39 is 6.16 Å². The van der Waals surface area contributed by atoms with E-state index in [-0.39, 0.29) is 23.0 Å². The molecule has 0 bridgehead atoms. The molecular weight excluding hydrogens is 459 g/mol. The van der Waals surface area contributed by atoms with Gasteiger partial charge < -0.3 is 14.4 Å². The molecule has 1 N–H and O–H groups in total. The lowest BCUT2D eigenvalue weighted by Crippen LogP contribution is -2.55. The van der Waals surface area contributed by atoms with Gasteiger partial charge in [0.1, 0.15) is 11.8 Å². The molecule has 8 heteroatoms. The molecule has 187 valence electrons. The van der Waals surface area contributed by atoms with E-state index in [1.54, 1.807) is 23.5 Å². The molecule has 35 heavy (non-hydrogen) atoms. The van der Waals surface area contributed by atoms with Crippen molar-refractivity contribution in [3.8, 4) is 5.75 Å². The summed E-state index contributed by atoms with van der Waals surface area (Å²) >= 11 is 1.69. The third-order valence-electron chi connectivity index (χ3n) is 7.61. The Hall–Kier alpha value is -2.32. The smallest absolute Gasteiger partial charge is 0.437 e. The summed E-state index contributed by atoms with van der Waals surface area (Å²) in [6.45, 7) is 9.66. The van der Waals surface area contributed by atoms with Gasteiger partial charge in [-0.05, 0) is 72.0 Å². The van der Waals surface area contributed by atoms with Crippen molar-refractivity contribution in [3.63, 3.8) is 0 Å². The van der Waals surface area contributed by atoms with Gasteiger partial charge >= 0.3 is 6.16 Å². The molecule has 2 aromatic rings. The van der Waals surface area contributed by atoms with Crippen molar-refractivity contribution in [1.29, 1.82) is 0 Å². The Kier molecular flexibility index (Phi) is 7.62. The number of benzene rings is 1. The molecule has 2 aliphatic rings. The second kappa shape index (κ2) is 10.4. The lowest BCUT2D eigenvalue weighted by atomic mass is 9.69. The summed E-state index contributed by atoms with van der Waals surface area (Å²) < 4.78 is 10.8. The van der Waals surface area contributed by atoms with Crippen molar-refractivity contribution >= 4 is 35.5 Å². The number of hydrogen-bond donors (Lipinski definition) is 1. The topological polar surface area (TPSA) is 67.9 Å². The van der Waals surface area contributed by atoms with E-state index in [9.17, 15) is 9.59 Å². The van der Waals surface area contributed by atoms with Crippen molar-refractivity contribution < 1.29 is 19.1 Å². The summed E-state index contributed by atoms with van der Waals surface area (Å²) in [6, 6.07) is 11.3. The quantitative estimate of drug-likeness (QED) is 0.350. The van der Waals surface area contributed by atoms with Crippen molar-refractivity contribution in [2.24, 2.45) is 11.3 Å². The van der Waals surface area contributed by atoms with Gasteiger partial charge in [0, 0.05) is 11.4 Å². The van der Waals surface area contributed by atoms with E-state index >= 15 is 0 Å². The maximum atomic E-state index is 13.8. The second-order valence-electron chi connectivity index (χ2n) is 10.7. The van der Waals surface area contributed by atoms with Crippen LogP contribution in [0.25, 0.3) is 0 Å². The van der Waals surface area contributed by atoms with Gasteiger partial charge in [0.2, 0.25) is 5.91 Å². The first-order valence-electron chi connectivity index (χ1n) is 12.5. The SMILES string of the molecule is C[B]c1ccc(C2NC3(CCC(C(C)(C)C)CC3)N(CCc3ccc(OC(=O)OC)cc3)C2=O)s1. The highest BCUT2D eigenvalue weighted by molar-refractivity contribution is 7.21. The average Bonchev–Trinajstić information content (AvgIpc) is 3.41. The Balaban J connectivity index is 1.51. The first-order valence-corrected chi connectivity index (χ1v) is 13.3. The van der Waals surface area contributed by atoms with E-state index in [4.69, 9.17) is 4.74 Å². The van der Waals surface area contributed by atoms with Crippen LogP contribution in [0.3, 0.4) is 0 Å². The number of nitrogens with zero attached hydrogens (tertiary/aromatic N) is 1. The molecule has 1 aromatic heterocycles. The number of ether oxygens (including phenoxy) is 2. The van der Waals surface area contributed by atoms with Gasteiger partial charge in [-0.3, -0.25) is 10.1 Å². The first kappa shape index (κ1) is 25.8. The van der Waals surface area contributed by atoms with Gasteiger partial charge in [-0.1, -0.05) is 45.8 Å². The number of rotatable bonds is 6. The second-order valence-corrected chi connectivity index (χ2v) is 11.9. The molecule has 1 aliphatic heterocycles. The van der Waals surface area contributed by atoms with E-state index in [1.165, 1.54) is 11.9 Å². The maximum Gasteiger partial charge on any atom is 0.513 e. The van der Waals surface area contributed by atoms with Gasteiger partial charge in [0.15, 0.2) is 7.28 Å². The Bertz CT molecular complexity index is 1040. The molecule has 1 saturated carbocycles. The summed E-state index contributed by atoms with van der Waals surface area (Å²) in [7, 11) is 3.37. The zero-order chi connectivity index (χ0) is 25.2. The minimum absolute atomic E-state index is 0.175. The number of nitrogens with one attached hydrogen (secondary N) is 1. The minimum Gasteiger partial charge on any atom is -0.437 e. The monoisotopic (exact) mass is 495 g/mol. The van der Waals surface area contributed by atoms with Crippen LogP contribution in [0.5, 0.6) is 5.75 Å². The highest BCUT2D eigenvalue weighted by Crippen LogP contribution is 2.46. The standard InChI is InChI=1S/C27H36BN2O4S/c1-26(2,3)19-12-15-27(16-13-19)29-23(21-10-11-22(28-4)35-21)24(31)30(27)17-14-18-6-8-20(9-7-18)34-25(32)33-5/h6-11,19,23,29H,12-17H2,1-5H3. The lowest BCUT2D eigenvalue weighted by molar-refractivity contribution is -0.133. The van der Waals surface area contributed by atoms with Crippen LogP contribution in [0.1, 0.15) is 62.9 Å². The Morgan fingerprint density at radius 3 is 2.43 bits per heavy atom. The fourth-order valence-corrected chi connectivity index (χ4v) is 6.39. The van der Waals surface area contributed by atoms with Crippen LogP contribution in [0.4, 0.5) is 4.79 Å². The maximum absolute atomic E-state index is 13.8. The predicted molar refractivity (Wildman–Crippen MR) is 140 cm³/mol. The van der Waals surface area contributed by atoms with Gasteiger partial charge in [-0.15, -0.1) is 0 Å². The molecule has 1 amide bonds. The summed E-state index contributed by atoms with van der Waals surface area (Å²) in [5, 5.41) is 3.81. The van der Waals surface area contributed by atoms with Crippen LogP contribution in [0.15, 0.2) is 36.4 Å². The van der Waals surface area contributed by atoms with Crippen LogP contribution in [-0.4, -0.2) is 43.6 Å². The zero-order valence-corrected chi connectivity index (χ0v) is 22.2. The largest absolute Gasteiger partial charge is 0.513 e. The number of hydrogen-bond acceptors (Lipinski definition) is 6. The van der Waals surface area contributed by atoms with Crippen LogP contribution >= 0.6 is 11.3 Å². The molecule has 1 aliphatic carbocycles. The van der Waals surface area contributed by atoms with Gasteiger partial charge in [0.25, 0.3) is 0 Å². The lowest BCUT2D eigenvalue weighted by Gasteiger charge is -2.46. The van der Waals surface area contributed by atoms with Crippen LogP contribution in [-0.2, 0) is 16.0 Å². The third kappa shape index (κ3) is 5.59. The highest BCUT2D eigenvalue weighted by Gasteiger charge is 2.52. The van der Waals surface area contributed by atoms with Crippen LogP contribution in [0.2, 0.25) is 6.82 Å². The molecule has 2 fully saturated rings. The number of amides is 1. The summed E-state index contributed by atoms with van der Waals surface area (Å²) in [5.74, 6) is 1.28. The number of carbonyl (C=O) groups excluding carboxylic acids is 2. The molecule has 6 nitrogen and oxygen atoms in total.